The second-order valence-electron chi connectivity index (χ2n) is 14.4. The minimum absolute atomic E-state index is 0.597. The van der Waals surface area contributed by atoms with E-state index in [-0.39, 0.29) is 0 Å². The molecule has 266 valence electrons. The number of thiophene rings is 1. The SMILES string of the molecule is c1ccc(-c2nc(-c3ccc4c(c3)sc3ccccc34)nc(-c3ccc(-c4ccc5c(c4)c4ccccc4n5-c4ccccc4)c4oc5ccccc5c34)n2)cc1. The van der Waals surface area contributed by atoms with E-state index in [0.29, 0.717) is 17.5 Å². The Balaban J connectivity index is 1.08. The largest absolute Gasteiger partial charge is 0.455 e. The van der Waals surface area contributed by atoms with Gasteiger partial charge in [0.05, 0.1) is 11.0 Å². The average molecular weight is 747 g/mol. The summed E-state index contributed by atoms with van der Waals surface area (Å²) in [6.07, 6.45) is 0. The summed E-state index contributed by atoms with van der Waals surface area (Å²) < 4.78 is 11.6. The smallest absolute Gasteiger partial charge is 0.164 e. The molecule has 12 aromatic rings. The van der Waals surface area contributed by atoms with Crippen molar-refractivity contribution in [2.75, 3.05) is 0 Å². The summed E-state index contributed by atoms with van der Waals surface area (Å²) in [5.41, 5.74) is 9.93. The van der Waals surface area contributed by atoms with Gasteiger partial charge in [-0.05, 0) is 66.2 Å². The molecule has 6 heteroatoms. The second kappa shape index (κ2) is 12.6. The number of hydrogen-bond acceptors (Lipinski definition) is 5. The fourth-order valence-electron chi connectivity index (χ4n) is 8.44. The van der Waals surface area contributed by atoms with Gasteiger partial charge in [0.25, 0.3) is 0 Å². The maximum atomic E-state index is 6.81. The summed E-state index contributed by atoms with van der Waals surface area (Å²) >= 11 is 1.79. The van der Waals surface area contributed by atoms with E-state index in [1.165, 1.54) is 36.5 Å². The number of furan rings is 1. The number of aromatic nitrogens is 4. The zero-order valence-electron chi connectivity index (χ0n) is 30.4. The fraction of sp³-hybridized carbons (Fsp3) is 0. The highest BCUT2D eigenvalue weighted by atomic mass is 32.1. The van der Waals surface area contributed by atoms with Gasteiger partial charge in [-0.15, -0.1) is 11.3 Å². The van der Waals surface area contributed by atoms with Crippen LogP contribution in [0.3, 0.4) is 0 Å². The minimum atomic E-state index is 0.597. The topological polar surface area (TPSA) is 56.7 Å². The molecule has 0 atom stereocenters. The standard InChI is InChI=1S/C51H30N4OS/c1-3-13-31(14-4-1)49-52-50(33-23-25-38-37-18-9-12-22-45(37)57-46(38)30-33)54-51(53-49)40-27-26-35(48-47(40)39-19-8-11-21-44(39)56-48)32-24-28-43-41(29-32)36-17-7-10-20-42(36)55(43)34-15-5-2-6-16-34/h1-30H. The lowest BCUT2D eigenvalue weighted by Crippen LogP contribution is -2.00. The third-order valence-corrected chi connectivity index (χ3v) is 12.2. The van der Waals surface area contributed by atoms with Gasteiger partial charge in [0, 0.05) is 69.7 Å². The summed E-state index contributed by atoms with van der Waals surface area (Å²) in [4.78, 5) is 15.5. The molecule has 0 N–H and O–H groups in total. The van der Waals surface area contributed by atoms with Crippen molar-refractivity contribution >= 4 is 75.3 Å². The summed E-state index contributed by atoms with van der Waals surface area (Å²) in [5, 5.41) is 6.89. The summed E-state index contributed by atoms with van der Waals surface area (Å²) in [7, 11) is 0. The van der Waals surface area contributed by atoms with Crippen molar-refractivity contribution in [3.63, 3.8) is 0 Å². The van der Waals surface area contributed by atoms with Crippen LogP contribution >= 0.6 is 11.3 Å². The first kappa shape index (κ1) is 31.9. The van der Waals surface area contributed by atoms with Crippen LogP contribution in [-0.4, -0.2) is 19.5 Å². The Morgan fingerprint density at radius 3 is 1.89 bits per heavy atom. The summed E-state index contributed by atoms with van der Waals surface area (Å²) in [6.45, 7) is 0. The van der Waals surface area contributed by atoms with Crippen LogP contribution in [0.25, 0.3) is 115 Å². The molecular weight excluding hydrogens is 717 g/mol. The van der Waals surface area contributed by atoms with Crippen LogP contribution in [0.15, 0.2) is 186 Å². The first-order valence-electron chi connectivity index (χ1n) is 19.0. The van der Waals surface area contributed by atoms with E-state index in [1.54, 1.807) is 11.3 Å². The van der Waals surface area contributed by atoms with Crippen LogP contribution in [0.2, 0.25) is 0 Å². The van der Waals surface area contributed by atoms with E-state index in [0.717, 1.165) is 61.0 Å². The van der Waals surface area contributed by atoms with Crippen LogP contribution < -0.4 is 0 Å². The summed E-state index contributed by atoms with van der Waals surface area (Å²) in [5.74, 6) is 1.85. The number of rotatable bonds is 5. The number of benzene rings is 8. The highest BCUT2D eigenvalue weighted by Crippen LogP contribution is 2.43. The Morgan fingerprint density at radius 1 is 0.404 bits per heavy atom. The Hall–Kier alpha value is -7.41. The van der Waals surface area contributed by atoms with Gasteiger partial charge in [0.1, 0.15) is 11.2 Å². The summed E-state index contributed by atoms with van der Waals surface area (Å²) in [6, 6.07) is 63.7. The van der Waals surface area contributed by atoms with Gasteiger partial charge in [0.15, 0.2) is 17.5 Å². The minimum Gasteiger partial charge on any atom is -0.455 e. The Labute approximate surface area is 330 Å². The number of fused-ring (bicyclic) bond motifs is 9. The molecule has 8 aromatic carbocycles. The third kappa shape index (κ3) is 5.04. The van der Waals surface area contributed by atoms with Crippen molar-refractivity contribution in [1.29, 1.82) is 0 Å². The molecule has 0 amide bonds. The third-order valence-electron chi connectivity index (χ3n) is 11.1. The Bertz CT molecular complexity index is 3530. The number of para-hydroxylation sites is 3. The molecule has 57 heavy (non-hydrogen) atoms. The van der Waals surface area contributed by atoms with Crippen molar-refractivity contribution in [3.05, 3.63) is 182 Å². The predicted molar refractivity (Wildman–Crippen MR) is 236 cm³/mol. The predicted octanol–water partition coefficient (Wildman–Crippen LogP) is 13.9. The first-order valence-corrected chi connectivity index (χ1v) is 19.8. The quantitative estimate of drug-likeness (QED) is 0.176. The molecule has 0 aliphatic rings. The number of hydrogen-bond donors (Lipinski definition) is 0. The van der Waals surface area contributed by atoms with Crippen molar-refractivity contribution in [2.24, 2.45) is 0 Å². The average Bonchev–Trinajstić information content (AvgIpc) is 3.96. The molecule has 0 radical (unpaired) electrons. The molecular formula is C51H30N4OS. The van der Waals surface area contributed by atoms with Crippen LogP contribution in [0, 0.1) is 0 Å². The van der Waals surface area contributed by atoms with Crippen molar-refractivity contribution in [2.45, 2.75) is 0 Å². The maximum absolute atomic E-state index is 6.81. The first-order chi connectivity index (χ1) is 28.2. The van der Waals surface area contributed by atoms with Gasteiger partial charge in [-0.25, -0.2) is 15.0 Å². The highest BCUT2D eigenvalue weighted by Gasteiger charge is 2.22. The van der Waals surface area contributed by atoms with E-state index >= 15 is 0 Å². The lowest BCUT2D eigenvalue weighted by atomic mass is 9.97. The molecule has 0 fully saturated rings. The van der Waals surface area contributed by atoms with Gasteiger partial charge >= 0.3 is 0 Å². The molecule has 12 rings (SSSR count). The van der Waals surface area contributed by atoms with Crippen LogP contribution in [0.5, 0.6) is 0 Å². The van der Waals surface area contributed by atoms with Gasteiger partial charge < -0.3 is 8.98 Å². The fourth-order valence-corrected chi connectivity index (χ4v) is 9.59. The molecule has 4 heterocycles. The van der Waals surface area contributed by atoms with E-state index in [9.17, 15) is 0 Å². The van der Waals surface area contributed by atoms with Crippen molar-refractivity contribution in [3.8, 4) is 51.0 Å². The number of nitrogens with zero attached hydrogens (tertiary/aromatic N) is 4. The van der Waals surface area contributed by atoms with E-state index in [2.05, 4.69) is 156 Å². The molecule has 0 aliphatic heterocycles. The molecule has 0 bridgehead atoms. The van der Waals surface area contributed by atoms with E-state index < -0.39 is 0 Å². The lowest BCUT2D eigenvalue weighted by molar-refractivity contribution is 0.670. The van der Waals surface area contributed by atoms with E-state index in [1.807, 2.05) is 30.3 Å². The monoisotopic (exact) mass is 746 g/mol. The normalized spacial score (nSPS) is 11.9. The lowest BCUT2D eigenvalue weighted by Gasteiger charge is -2.11. The zero-order chi connectivity index (χ0) is 37.5. The van der Waals surface area contributed by atoms with Crippen LogP contribution in [0.4, 0.5) is 0 Å². The van der Waals surface area contributed by atoms with Gasteiger partial charge in [-0.3, -0.25) is 0 Å². The van der Waals surface area contributed by atoms with Crippen molar-refractivity contribution < 1.29 is 4.42 Å². The van der Waals surface area contributed by atoms with Gasteiger partial charge in [-0.2, -0.15) is 0 Å². The Kier molecular flexibility index (Phi) is 7.03. The van der Waals surface area contributed by atoms with Crippen LogP contribution in [0.1, 0.15) is 0 Å². The molecule has 0 spiro atoms. The second-order valence-corrected chi connectivity index (χ2v) is 15.4. The maximum Gasteiger partial charge on any atom is 0.164 e. The van der Waals surface area contributed by atoms with E-state index in [4.69, 9.17) is 19.4 Å². The van der Waals surface area contributed by atoms with Gasteiger partial charge in [0.2, 0.25) is 0 Å². The molecule has 5 nitrogen and oxygen atoms in total. The van der Waals surface area contributed by atoms with Gasteiger partial charge in [-0.1, -0.05) is 121 Å². The molecule has 0 unspecified atom stereocenters. The highest BCUT2D eigenvalue weighted by molar-refractivity contribution is 7.25. The Morgan fingerprint density at radius 2 is 1.04 bits per heavy atom. The molecule has 4 aromatic heterocycles. The van der Waals surface area contributed by atoms with Crippen molar-refractivity contribution in [1.82, 2.24) is 19.5 Å². The molecule has 0 saturated heterocycles. The molecule has 0 aliphatic carbocycles. The molecule has 0 saturated carbocycles. The zero-order valence-corrected chi connectivity index (χ0v) is 31.2. The van der Waals surface area contributed by atoms with Crippen LogP contribution in [-0.2, 0) is 0 Å².